The van der Waals surface area contributed by atoms with Crippen LogP contribution in [0.3, 0.4) is 0 Å². The first-order chi connectivity index (χ1) is 16.1. The van der Waals surface area contributed by atoms with E-state index in [-0.39, 0.29) is 22.2 Å². The number of nitrogens with zero attached hydrogens (tertiary/aromatic N) is 3. The molecule has 0 fully saturated rings. The molecule has 2 aromatic heterocycles. The van der Waals surface area contributed by atoms with Crippen molar-refractivity contribution in [3.05, 3.63) is 57.1 Å². The Balaban J connectivity index is 1.91. The van der Waals surface area contributed by atoms with Gasteiger partial charge in [0.1, 0.15) is 5.69 Å². The number of thiophene rings is 2. The van der Waals surface area contributed by atoms with E-state index in [1.807, 2.05) is 13.8 Å². The Labute approximate surface area is 202 Å². The quantitative estimate of drug-likeness (QED) is 0.299. The van der Waals surface area contributed by atoms with Crippen LogP contribution in [0.5, 0.6) is 5.75 Å². The molecule has 2 amide bonds. The second-order valence-corrected chi connectivity index (χ2v) is 8.97. The fourth-order valence-corrected chi connectivity index (χ4v) is 5.02. The number of hydrazone groups is 1. The summed E-state index contributed by atoms with van der Waals surface area (Å²) in [4.78, 5) is 28.4. The van der Waals surface area contributed by atoms with Gasteiger partial charge in [-0.2, -0.15) is 23.3 Å². The maximum absolute atomic E-state index is 13.2. The third-order valence-electron chi connectivity index (χ3n) is 4.95. The molecule has 0 spiro atoms. The van der Waals surface area contributed by atoms with Gasteiger partial charge in [0.2, 0.25) is 0 Å². The lowest BCUT2D eigenvalue weighted by Gasteiger charge is -2.17. The average Bonchev–Trinajstić information content (AvgIpc) is 3.45. The lowest BCUT2D eigenvalue weighted by atomic mass is 10.1. The lowest BCUT2D eigenvalue weighted by Crippen LogP contribution is -2.29. The molecule has 0 saturated heterocycles. The molecule has 6 nitrogen and oxygen atoms in total. The van der Waals surface area contributed by atoms with Gasteiger partial charge in [-0.3, -0.25) is 9.59 Å². The van der Waals surface area contributed by atoms with Gasteiger partial charge < -0.3 is 10.0 Å². The van der Waals surface area contributed by atoms with E-state index in [2.05, 4.69) is 5.10 Å². The van der Waals surface area contributed by atoms with E-state index < -0.39 is 17.6 Å². The van der Waals surface area contributed by atoms with Crippen molar-refractivity contribution in [3.63, 3.8) is 0 Å². The summed E-state index contributed by atoms with van der Waals surface area (Å²) in [5.41, 5.74) is -0.335. The van der Waals surface area contributed by atoms with Crippen molar-refractivity contribution in [2.24, 2.45) is 5.10 Å². The smallest absolute Gasteiger partial charge is 0.416 e. The van der Waals surface area contributed by atoms with Crippen LogP contribution < -0.4 is 5.01 Å². The summed E-state index contributed by atoms with van der Waals surface area (Å²) in [6.07, 6.45) is -3.09. The Kier molecular flexibility index (Phi) is 7.78. The minimum atomic E-state index is -4.47. The highest BCUT2D eigenvalue weighted by Crippen LogP contribution is 2.44. The van der Waals surface area contributed by atoms with E-state index >= 15 is 0 Å². The minimum Gasteiger partial charge on any atom is -0.504 e. The summed E-state index contributed by atoms with van der Waals surface area (Å²) < 4.78 is 38.6. The molecule has 0 radical (unpaired) electrons. The summed E-state index contributed by atoms with van der Waals surface area (Å²) in [6, 6.07) is 7.49. The maximum atomic E-state index is 13.2. The Morgan fingerprint density at radius 1 is 1.03 bits per heavy atom. The van der Waals surface area contributed by atoms with Gasteiger partial charge in [-0.15, -0.1) is 22.7 Å². The van der Waals surface area contributed by atoms with Gasteiger partial charge in [0.25, 0.3) is 11.8 Å². The lowest BCUT2D eigenvalue weighted by molar-refractivity contribution is -0.137. The first kappa shape index (κ1) is 25.4. The van der Waals surface area contributed by atoms with Crippen molar-refractivity contribution in [2.75, 3.05) is 18.1 Å². The number of anilines is 1. The molecule has 1 aromatic carbocycles. The maximum Gasteiger partial charge on any atom is 0.416 e. The zero-order chi connectivity index (χ0) is 25.0. The van der Waals surface area contributed by atoms with E-state index in [0.29, 0.717) is 28.4 Å². The molecule has 1 N–H and O–H groups in total. The number of rotatable bonds is 7. The van der Waals surface area contributed by atoms with Gasteiger partial charge in [-0.05, 0) is 50.6 Å². The van der Waals surface area contributed by atoms with E-state index in [0.717, 1.165) is 39.8 Å². The first-order valence-corrected chi connectivity index (χ1v) is 12.0. The number of aromatic hydroxyl groups is 1. The molecule has 0 aliphatic rings. The summed E-state index contributed by atoms with van der Waals surface area (Å²) in [6.45, 7) is 6.42. The number of alkyl halides is 3. The van der Waals surface area contributed by atoms with Gasteiger partial charge >= 0.3 is 6.18 Å². The van der Waals surface area contributed by atoms with Crippen LogP contribution in [0.4, 0.5) is 18.9 Å². The van der Waals surface area contributed by atoms with Crippen LogP contribution in [0.1, 0.15) is 45.7 Å². The zero-order valence-electron chi connectivity index (χ0n) is 18.6. The number of carbonyl (C=O) groups excluding carboxylic acids is 2. The van der Waals surface area contributed by atoms with Gasteiger partial charge in [0.05, 0.1) is 20.2 Å². The second kappa shape index (κ2) is 10.4. The number of hydrogen-bond acceptors (Lipinski definition) is 6. The molecule has 3 aromatic rings. The van der Waals surface area contributed by atoms with Crippen LogP contribution >= 0.6 is 22.7 Å². The highest BCUT2D eigenvalue weighted by Gasteiger charge is 2.31. The predicted octanol–water partition coefficient (Wildman–Crippen LogP) is 6.34. The normalized spacial score (nSPS) is 11.7. The highest BCUT2D eigenvalue weighted by molar-refractivity contribution is 7.16. The minimum absolute atomic E-state index is 0.0908. The van der Waals surface area contributed by atoms with Crippen LogP contribution in [-0.4, -0.2) is 41.1 Å². The van der Waals surface area contributed by atoms with Crippen molar-refractivity contribution in [1.29, 1.82) is 0 Å². The van der Waals surface area contributed by atoms with Crippen LogP contribution in [0, 0.1) is 0 Å². The molecule has 0 atom stereocenters. The molecule has 0 aliphatic carbocycles. The highest BCUT2D eigenvalue weighted by atomic mass is 32.1. The van der Waals surface area contributed by atoms with Gasteiger partial charge in [-0.25, -0.2) is 0 Å². The molecule has 0 bridgehead atoms. The summed E-state index contributed by atoms with van der Waals surface area (Å²) in [5, 5.41) is 17.4. The van der Waals surface area contributed by atoms with Gasteiger partial charge in [0.15, 0.2) is 5.75 Å². The third kappa shape index (κ3) is 5.15. The summed E-state index contributed by atoms with van der Waals surface area (Å²) in [7, 11) is 0. The summed E-state index contributed by atoms with van der Waals surface area (Å²) >= 11 is 2.10. The Morgan fingerprint density at radius 2 is 1.62 bits per heavy atom. The van der Waals surface area contributed by atoms with E-state index in [4.69, 9.17) is 0 Å². The van der Waals surface area contributed by atoms with Crippen molar-refractivity contribution >= 4 is 46.4 Å². The zero-order valence-corrected chi connectivity index (χ0v) is 20.2. The Morgan fingerprint density at radius 3 is 2.15 bits per heavy atom. The van der Waals surface area contributed by atoms with Crippen molar-refractivity contribution in [2.45, 2.75) is 26.9 Å². The fraction of sp³-hybridized carbons (Fsp3) is 0.261. The SMILES string of the molecule is CC=NN(C(=O)c1ccc(C(=O)N(CC)CC)s1)c1csc(-c2ccc(C(F)(F)F)cc2)c1O. The molecule has 0 aliphatic heterocycles. The van der Waals surface area contributed by atoms with Gasteiger partial charge in [0, 0.05) is 24.7 Å². The molecule has 2 heterocycles. The largest absolute Gasteiger partial charge is 0.504 e. The van der Waals surface area contributed by atoms with E-state index in [1.54, 1.807) is 17.9 Å². The average molecular weight is 510 g/mol. The number of carbonyl (C=O) groups is 2. The fourth-order valence-electron chi connectivity index (χ4n) is 3.19. The van der Waals surface area contributed by atoms with Crippen molar-refractivity contribution in [3.8, 4) is 16.2 Å². The molecule has 0 unspecified atom stereocenters. The van der Waals surface area contributed by atoms with E-state index in [1.165, 1.54) is 29.8 Å². The number of benzene rings is 1. The van der Waals surface area contributed by atoms with Crippen LogP contribution in [0.2, 0.25) is 0 Å². The van der Waals surface area contributed by atoms with Crippen molar-refractivity contribution < 1.29 is 27.9 Å². The Bertz CT molecular complexity index is 1200. The molecular weight excluding hydrogens is 487 g/mol. The van der Waals surface area contributed by atoms with Gasteiger partial charge in [-0.1, -0.05) is 12.1 Å². The number of halogens is 3. The number of hydrogen-bond donors (Lipinski definition) is 1. The second-order valence-electron chi connectivity index (χ2n) is 7.01. The predicted molar refractivity (Wildman–Crippen MR) is 129 cm³/mol. The Hall–Kier alpha value is -3.18. The van der Waals surface area contributed by atoms with Crippen molar-refractivity contribution in [1.82, 2.24) is 4.90 Å². The standard InChI is InChI=1S/C23H22F3N3O3S2/c1-4-27-29(22(32)18-12-11-17(34-18)21(31)28(5-2)6-3)16-13-33-20(19(16)30)14-7-9-15(10-8-14)23(24,25)26/h4,7-13,30H,5-6H2,1-3H3. The molecule has 180 valence electrons. The monoisotopic (exact) mass is 509 g/mol. The van der Waals surface area contributed by atoms with E-state index in [9.17, 15) is 27.9 Å². The topological polar surface area (TPSA) is 73.2 Å². The van der Waals surface area contributed by atoms with Crippen LogP contribution in [0.15, 0.2) is 46.9 Å². The molecular formula is C23H22F3N3O3S2. The molecule has 34 heavy (non-hydrogen) atoms. The van der Waals surface area contributed by atoms with Crippen LogP contribution in [-0.2, 0) is 6.18 Å². The molecule has 0 saturated carbocycles. The number of amides is 2. The third-order valence-corrected chi connectivity index (χ3v) is 7.02. The summed E-state index contributed by atoms with van der Waals surface area (Å²) in [5.74, 6) is -1.00. The molecule has 11 heteroatoms. The first-order valence-electron chi connectivity index (χ1n) is 10.3. The molecule has 3 rings (SSSR count). The van der Waals surface area contributed by atoms with Crippen LogP contribution in [0.25, 0.3) is 10.4 Å².